The number of aryl methyl sites for hydroxylation is 1. The fourth-order valence-electron chi connectivity index (χ4n) is 2.47. The fraction of sp³-hybridized carbons (Fsp3) is 0.316. The van der Waals surface area contributed by atoms with E-state index in [1.807, 2.05) is 0 Å². The zero-order chi connectivity index (χ0) is 18.4. The van der Waals surface area contributed by atoms with Crippen molar-refractivity contribution in [3.8, 4) is 11.5 Å². The number of amides is 1. The summed E-state index contributed by atoms with van der Waals surface area (Å²) in [6.45, 7) is 1.77. The highest BCUT2D eigenvalue weighted by Crippen LogP contribution is 2.22. The molecule has 0 aliphatic heterocycles. The Balaban J connectivity index is 1.91. The molecular weight excluding hydrogens is 328 g/mol. The van der Waals surface area contributed by atoms with Crippen LogP contribution in [0.3, 0.4) is 0 Å². The van der Waals surface area contributed by atoms with E-state index >= 15 is 0 Å². The van der Waals surface area contributed by atoms with Crippen LogP contribution >= 0.6 is 0 Å². The lowest BCUT2D eigenvalue weighted by Crippen LogP contribution is -2.26. The molecule has 0 heterocycles. The second-order valence-corrected chi connectivity index (χ2v) is 5.65. The molecule has 0 spiro atoms. The summed E-state index contributed by atoms with van der Waals surface area (Å²) < 4.78 is 37.1. The van der Waals surface area contributed by atoms with Gasteiger partial charge in [-0.05, 0) is 48.7 Å². The standard InChI is InChI=1S/C19H21F2NO3/c1-12(14-6-8-18(25-3)16(21)11-14)22-19(23)9-5-13-4-7-17(24-2)15(20)10-13/h4,6-8,10-12H,5,9H2,1-3H3,(H,22,23). The molecule has 2 aromatic carbocycles. The molecule has 0 saturated heterocycles. The predicted molar refractivity (Wildman–Crippen MR) is 90.8 cm³/mol. The van der Waals surface area contributed by atoms with Crippen LogP contribution in [0.15, 0.2) is 36.4 Å². The van der Waals surface area contributed by atoms with Gasteiger partial charge in [0.15, 0.2) is 23.1 Å². The second kappa shape index (κ2) is 8.46. The van der Waals surface area contributed by atoms with E-state index < -0.39 is 11.6 Å². The second-order valence-electron chi connectivity index (χ2n) is 5.65. The molecule has 1 unspecified atom stereocenters. The number of rotatable bonds is 7. The Labute approximate surface area is 145 Å². The minimum absolute atomic E-state index is 0.156. The van der Waals surface area contributed by atoms with Gasteiger partial charge in [0, 0.05) is 6.42 Å². The van der Waals surface area contributed by atoms with E-state index in [4.69, 9.17) is 9.47 Å². The number of ether oxygens (including phenoxy) is 2. The number of hydrogen-bond donors (Lipinski definition) is 1. The molecule has 2 aromatic rings. The Hall–Kier alpha value is -2.63. The van der Waals surface area contributed by atoms with Gasteiger partial charge in [0.25, 0.3) is 0 Å². The molecule has 6 heteroatoms. The maximum atomic E-state index is 13.7. The summed E-state index contributed by atoms with van der Waals surface area (Å²) >= 11 is 0. The molecule has 0 aliphatic carbocycles. The zero-order valence-electron chi connectivity index (χ0n) is 14.4. The van der Waals surface area contributed by atoms with Gasteiger partial charge in [-0.25, -0.2) is 8.78 Å². The molecule has 1 amide bonds. The Morgan fingerprint density at radius 1 is 1.04 bits per heavy atom. The Morgan fingerprint density at radius 3 is 2.20 bits per heavy atom. The summed E-state index contributed by atoms with van der Waals surface area (Å²) in [5.74, 6) is -0.801. The third kappa shape index (κ3) is 4.92. The van der Waals surface area contributed by atoms with Crippen molar-refractivity contribution in [3.05, 3.63) is 59.2 Å². The first-order valence-electron chi connectivity index (χ1n) is 7.89. The van der Waals surface area contributed by atoms with Gasteiger partial charge in [0.1, 0.15) is 0 Å². The lowest BCUT2D eigenvalue weighted by atomic mass is 10.1. The van der Waals surface area contributed by atoms with E-state index in [2.05, 4.69) is 5.32 Å². The minimum Gasteiger partial charge on any atom is -0.494 e. The number of halogens is 2. The zero-order valence-corrected chi connectivity index (χ0v) is 14.4. The summed E-state index contributed by atoms with van der Waals surface area (Å²) in [4.78, 5) is 12.1. The van der Waals surface area contributed by atoms with Crippen molar-refractivity contribution in [1.82, 2.24) is 5.32 Å². The van der Waals surface area contributed by atoms with Crippen LogP contribution in [-0.4, -0.2) is 20.1 Å². The van der Waals surface area contributed by atoms with Crippen LogP contribution in [-0.2, 0) is 11.2 Å². The van der Waals surface area contributed by atoms with Gasteiger partial charge in [-0.1, -0.05) is 12.1 Å². The maximum Gasteiger partial charge on any atom is 0.220 e. The molecule has 134 valence electrons. The molecular formula is C19H21F2NO3. The van der Waals surface area contributed by atoms with E-state index in [-0.39, 0.29) is 29.9 Å². The number of methoxy groups -OCH3 is 2. The number of benzene rings is 2. The summed E-state index contributed by atoms with van der Waals surface area (Å²) in [6, 6.07) is 8.82. The van der Waals surface area contributed by atoms with Gasteiger partial charge in [-0.3, -0.25) is 4.79 Å². The van der Waals surface area contributed by atoms with E-state index in [9.17, 15) is 13.6 Å². The molecule has 0 aromatic heterocycles. The van der Waals surface area contributed by atoms with Crippen LogP contribution in [0.4, 0.5) is 8.78 Å². The molecule has 0 bridgehead atoms. The monoisotopic (exact) mass is 349 g/mol. The van der Waals surface area contributed by atoms with E-state index in [1.165, 1.54) is 38.5 Å². The molecule has 2 rings (SSSR count). The Bertz CT molecular complexity index is 749. The van der Waals surface area contributed by atoms with Gasteiger partial charge in [0.2, 0.25) is 5.91 Å². The molecule has 1 atom stereocenters. The Morgan fingerprint density at radius 2 is 1.64 bits per heavy atom. The van der Waals surface area contributed by atoms with Crippen LogP contribution in [0.5, 0.6) is 11.5 Å². The van der Waals surface area contributed by atoms with E-state index in [0.717, 1.165) is 0 Å². The highest BCUT2D eigenvalue weighted by Gasteiger charge is 2.13. The molecule has 4 nitrogen and oxygen atoms in total. The van der Waals surface area contributed by atoms with Crippen molar-refractivity contribution >= 4 is 5.91 Å². The van der Waals surface area contributed by atoms with E-state index in [1.54, 1.807) is 19.1 Å². The fourth-order valence-corrected chi connectivity index (χ4v) is 2.47. The maximum absolute atomic E-state index is 13.7. The van der Waals surface area contributed by atoms with Gasteiger partial charge < -0.3 is 14.8 Å². The lowest BCUT2D eigenvalue weighted by molar-refractivity contribution is -0.121. The number of carbonyl (C=O) groups excluding carboxylic acids is 1. The smallest absolute Gasteiger partial charge is 0.220 e. The van der Waals surface area contributed by atoms with Crippen molar-refractivity contribution in [2.75, 3.05) is 14.2 Å². The predicted octanol–water partition coefficient (Wildman–Crippen LogP) is 3.79. The van der Waals surface area contributed by atoms with Crippen molar-refractivity contribution in [2.45, 2.75) is 25.8 Å². The van der Waals surface area contributed by atoms with Gasteiger partial charge in [0.05, 0.1) is 20.3 Å². The summed E-state index contributed by atoms with van der Waals surface area (Å²) in [7, 11) is 2.79. The average Bonchev–Trinajstić information content (AvgIpc) is 2.60. The van der Waals surface area contributed by atoms with Crippen LogP contribution in [0.1, 0.15) is 30.5 Å². The molecule has 25 heavy (non-hydrogen) atoms. The number of hydrogen-bond acceptors (Lipinski definition) is 3. The highest BCUT2D eigenvalue weighted by molar-refractivity contribution is 5.76. The van der Waals surface area contributed by atoms with Crippen LogP contribution in [0.2, 0.25) is 0 Å². The number of carbonyl (C=O) groups is 1. The first-order chi connectivity index (χ1) is 11.9. The topological polar surface area (TPSA) is 47.6 Å². The van der Waals surface area contributed by atoms with Crippen LogP contribution in [0.25, 0.3) is 0 Å². The highest BCUT2D eigenvalue weighted by atomic mass is 19.1. The molecule has 0 radical (unpaired) electrons. The molecule has 0 fully saturated rings. The average molecular weight is 349 g/mol. The first kappa shape index (κ1) is 18.7. The SMILES string of the molecule is COc1ccc(CCC(=O)NC(C)c2ccc(OC)c(F)c2)cc1F. The molecule has 0 saturated carbocycles. The normalized spacial score (nSPS) is 11.7. The van der Waals surface area contributed by atoms with Crippen molar-refractivity contribution in [1.29, 1.82) is 0 Å². The lowest BCUT2D eigenvalue weighted by Gasteiger charge is -2.15. The third-order valence-electron chi connectivity index (χ3n) is 3.91. The van der Waals surface area contributed by atoms with Gasteiger partial charge in [-0.15, -0.1) is 0 Å². The summed E-state index contributed by atoms with van der Waals surface area (Å²) in [5.41, 5.74) is 1.35. The van der Waals surface area contributed by atoms with Crippen molar-refractivity contribution < 1.29 is 23.0 Å². The molecule has 1 N–H and O–H groups in total. The van der Waals surface area contributed by atoms with Crippen molar-refractivity contribution in [3.63, 3.8) is 0 Å². The molecule has 0 aliphatic rings. The van der Waals surface area contributed by atoms with Crippen LogP contribution < -0.4 is 14.8 Å². The summed E-state index contributed by atoms with van der Waals surface area (Å²) in [6.07, 6.45) is 0.602. The first-order valence-corrected chi connectivity index (χ1v) is 7.89. The Kier molecular flexibility index (Phi) is 6.33. The largest absolute Gasteiger partial charge is 0.494 e. The number of nitrogens with one attached hydrogen (secondary N) is 1. The van der Waals surface area contributed by atoms with E-state index in [0.29, 0.717) is 17.5 Å². The quantitative estimate of drug-likeness (QED) is 0.827. The minimum atomic E-state index is -0.477. The third-order valence-corrected chi connectivity index (χ3v) is 3.91. The van der Waals surface area contributed by atoms with Gasteiger partial charge >= 0.3 is 0 Å². The summed E-state index contributed by atoms with van der Waals surface area (Å²) in [5, 5.41) is 2.80. The van der Waals surface area contributed by atoms with Crippen molar-refractivity contribution in [2.24, 2.45) is 0 Å². The van der Waals surface area contributed by atoms with Crippen LogP contribution in [0, 0.1) is 11.6 Å². The van der Waals surface area contributed by atoms with Gasteiger partial charge in [-0.2, -0.15) is 0 Å².